The molecular formula is C24H30O3. The molecule has 4 aliphatic rings. The SMILES string of the molecule is Cc1cc(O)c2c(c1)C[C@H]1[C@@H]3CC[C@@H]4CC(=O)CC[C@]4(C)[C@@H]3CC(=O)[C@@]21C. The number of rotatable bonds is 0. The maximum Gasteiger partial charge on any atom is 0.143 e. The minimum absolute atomic E-state index is 0.126. The van der Waals surface area contributed by atoms with Gasteiger partial charge in [-0.1, -0.05) is 13.0 Å². The highest BCUT2D eigenvalue weighted by Crippen LogP contribution is 2.65. The molecule has 0 radical (unpaired) electrons. The molecule has 27 heavy (non-hydrogen) atoms. The van der Waals surface area contributed by atoms with Gasteiger partial charge in [0.25, 0.3) is 0 Å². The van der Waals surface area contributed by atoms with Crippen molar-refractivity contribution in [1.29, 1.82) is 0 Å². The summed E-state index contributed by atoms with van der Waals surface area (Å²) in [6.07, 6.45) is 6.12. The number of benzene rings is 1. The number of carbonyl (C=O) groups excluding carboxylic acids is 2. The van der Waals surface area contributed by atoms with Crippen molar-refractivity contribution in [3.63, 3.8) is 0 Å². The van der Waals surface area contributed by atoms with E-state index in [2.05, 4.69) is 19.9 Å². The molecular weight excluding hydrogens is 336 g/mol. The number of ketones is 2. The maximum absolute atomic E-state index is 13.6. The highest BCUT2D eigenvalue weighted by Gasteiger charge is 2.62. The molecule has 0 amide bonds. The van der Waals surface area contributed by atoms with Crippen molar-refractivity contribution in [3.05, 3.63) is 28.8 Å². The standard InChI is InChI=1S/C24H30O3/c1-13-8-14-10-19-17-5-4-15-11-16(25)6-7-23(15,2)18(17)12-21(27)24(19,3)22(14)20(26)9-13/h8-9,15,17-19,26H,4-7,10-12H2,1-3H3/t15-,17-,18-,19+,23+,24+/m1/s1. The van der Waals surface area contributed by atoms with Gasteiger partial charge in [-0.3, -0.25) is 9.59 Å². The zero-order chi connectivity index (χ0) is 19.1. The lowest BCUT2D eigenvalue weighted by molar-refractivity contribution is -0.148. The monoisotopic (exact) mass is 366 g/mol. The number of aryl methyl sites for hydroxylation is 1. The van der Waals surface area contributed by atoms with E-state index < -0.39 is 5.41 Å². The summed E-state index contributed by atoms with van der Waals surface area (Å²) < 4.78 is 0. The lowest BCUT2D eigenvalue weighted by Crippen LogP contribution is -2.57. The summed E-state index contributed by atoms with van der Waals surface area (Å²) in [4.78, 5) is 25.6. The Labute approximate surface area is 161 Å². The van der Waals surface area contributed by atoms with Gasteiger partial charge >= 0.3 is 0 Å². The van der Waals surface area contributed by atoms with Gasteiger partial charge in [-0.15, -0.1) is 0 Å². The lowest BCUT2D eigenvalue weighted by Gasteiger charge is -2.59. The Morgan fingerprint density at radius 2 is 1.81 bits per heavy atom. The van der Waals surface area contributed by atoms with Crippen molar-refractivity contribution in [2.24, 2.45) is 29.1 Å². The number of hydrogen-bond donors (Lipinski definition) is 1. The number of fused-ring (bicyclic) bond motifs is 7. The van der Waals surface area contributed by atoms with Gasteiger partial charge in [0.15, 0.2) is 0 Å². The van der Waals surface area contributed by atoms with Crippen LogP contribution in [-0.2, 0) is 21.4 Å². The van der Waals surface area contributed by atoms with Gasteiger partial charge in [-0.25, -0.2) is 0 Å². The molecule has 0 aliphatic heterocycles. The summed E-state index contributed by atoms with van der Waals surface area (Å²) >= 11 is 0. The number of phenolic OH excluding ortho intramolecular Hbond substituents is 1. The van der Waals surface area contributed by atoms with Gasteiger partial charge in [0.2, 0.25) is 0 Å². The summed E-state index contributed by atoms with van der Waals surface area (Å²) in [5.41, 5.74) is 2.74. The molecule has 5 rings (SSSR count). The zero-order valence-electron chi connectivity index (χ0n) is 16.7. The molecule has 3 heteroatoms. The molecule has 0 saturated heterocycles. The second-order valence-corrected chi connectivity index (χ2v) is 10.3. The van der Waals surface area contributed by atoms with Crippen molar-refractivity contribution in [2.75, 3.05) is 0 Å². The molecule has 4 aliphatic carbocycles. The molecule has 3 saturated carbocycles. The molecule has 0 heterocycles. The van der Waals surface area contributed by atoms with Crippen molar-refractivity contribution in [2.45, 2.75) is 71.1 Å². The number of carbonyl (C=O) groups is 2. The van der Waals surface area contributed by atoms with Crippen LogP contribution in [0.4, 0.5) is 0 Å². The second kappa shape index (κ2) is 5.46. The highest BCUT2D eigenvalue weighted by molar-refractivity contribution is 5.94. The Hall–Kier alpha value is -1.64. The van der Waals surface area contributed by atoms with Crippen LogP contribution in [-0.4, -0.2) is 16.7 Å². The van der Waals surface area contributed by atoms with Crippen LogP contribution in [0.15, 0.2) is 12.1 Å². The molecule has 0 aromatic heterocycles. The van der Waals surface area contributed by atoms with Crippen molar-refractivity contribution in [1.82, 2.24) is 0 Å². The third kappa shape index (κ3) is 2.14. The number of Topliss-reactive ketones (excluding diaryl/α,β-unsaturated/α-hetero) is 2. The van der Waals surface area contributed by atoms with E-state index in [1.807, 2.05) is 13.0 Å². The van der Waals surface area contributed by atoms with E-state index in [0.29, 0.717) is 53.8 Å². The average molecular weight is 367 g/mol. The Kier molecular flexibility index (Phi) is 3.53. The first-order valence-corrected chi connectivity index (χ1v) is 10.6. The van der Waals surface area contributed by atoms with Gasteiger partial charge in [-0.05, 0) is 85.8 Å². The van der Waals surface area contributed by atoms with E-state index in [1.165, 1.54) is 5.56 Å². The number of aromatic hydroxyl groups is 1. The smallest absolute Gasteiger partial charge is 0.143 e. The summed E-state index contributed by atoms with van der Waals surface area (Å²) in [6.45, 7) is 6.47. The van der Waals surface area contributed by atoms with Gasteiger partial charge in [-0.2, -0.15) is 0 Å². The largest absolute Gasteiger partial charge is 0.508 e. The first-order chi connectivity index (χ1) is 12.7. The van der Waals surface area contributed by atoms with Crippen LogP contribution in [0.25, 0.3) is 0 Å². The third-order valence-corrected chi connectivity index (χ3v) is 9.11. The van der Waals surface area contributed by atoms with Crippen LogP contribution in [0.3, 0.4) is 0 Å². The van der Waals surface area contributed by atoms with E-state index in [4.69, 9.17) is 0 Å². The Balaban J connectivity index is 1.58. The van der Waals surface area contributed by atoms with Crippen LogP contribution in [0.2, 0.25) is 0 Å². The normalized spacial score (nSPS) is 42.9. The van der Waals surface area contributed by atoms with Crippen molar-refractivity contribution < 1.29 is 14.7 Å². The Bertz CT molecular complexity index is 855. The van der Waals surface area contributed by atoms with Crippen LogP contribution in [0.5, 0.6) is 5.75 Å². The molecule has 1 aromatic carbocycles. The minimum atomic E-state index is -0.540. The Morgan fingerprint density at radius 1 is 1.04 bits per heavy atom. The summed E-state index contributed by atoms with van der Waals surface area (Å²) in [7, 11) is 0. The van der Waals surface area contributed by atoms with Crippen LogP contribution < -0.4 is 0 Å². The van der Waals surface area contributed by atoms with Crippen LogP contribution >= 0.6 is 0 Å². The Morgan fingerprint density at radius 3 is 2.59 bits per heavy atom. The minimum Gasteiger partial charge on any atom is -0.508 e. The fourth-order valence-corrected chi connectivity index (χ4v) is 7.66. The van der Waals surface area contributed by atoms with E-state index in [0.717, 1.165) is 43.2 Å². The van der Waals surface area contributed by atoms with Crippen molar-refractivity contribution >= 4 is 11.6 Å². The number of hydrogen-bond acceptors (Lipinski definition) is 3. The van der Waals surface area contributed by atoms with E-state index in [9.17, 15) is 14.7 Å². The molecule has 0 spiro atoms. The van der Waals surface area contributed by atoms with Gasteiger partial charge in [0.1, 0.15) is 17.3 Å². The maximum atomic E-state index is 13.6. The second-order valence-electron chi connectivity index (χ2n) is 10.3. The molecule has 6 atom stereocenters. The predicted octanol–water partition coefficient (Wildman–Crippen LogP) is 4.51. The lowest BCUT2D eigenvalue weighted by atomic mass is 9.44. The van der Waals surface area contributed by atoms with E-state index >= 15 is 0 Å². The first-order valence-electron chi connectivity index (χ1n) is 10.6. The van der Waals surface area contributed by atoms with Crippen LogP contribution in [0, 0.1) is 36.0 Å². The first kappa shape index (κ1) is 17.5. The van der Waals surface area contributed by atoms with Gasteiger partial charge < -0.3 is 5.11 Å². The number of phenols is 1. The molecule has 1 aromatic rings. The van der Waals surface area contributed by atoms with E-state index in [-0.39, 0.29) is 5.41 Å². The molecule has 0 bridgehead atoms. The fourth-order valence-electron chi connectivity index (χ4n) is 7.66. The van der Waals surface area contributed by atoms with Crippen molar-refractivity contribution in [3.8, 4) is 5.75 Å². The molecule has 3 nitrogen and oxygen atoms in total. The van der Waals surface area contributed by atoms with Gasteiger partial charge in [0.05, 0.1) is 5.41 Å². The summed E-state index contributed by atoms with van der Waals surface area (Å²) in [5.74, 6) is 2.70. The van der Waals surface area contributed by atoms with Crippen LogP contribution in [0.1, 0.15) is 69.1 Å². The quantitative estimate of drug-likeness (QED) is 0.735. The zero-order valence-corrected chi connectivity index (χ0v) is 16.7. The third-order valence-electron chi connectivity index (χ3n) is 9.11. The molecule has 3 fully saturated rings. The average Bonchev–Trinajstić information content (AvgIpc) is 2.90. The highest BCUT2D eigenvalue weighted by atomic mass is 16.3. The molecule has 1 N–H and O–H groups in total. The molecule has 144 valence electrons. The summed E-state index contributed by atoms with van der Waals surface area (Å²) in [5, 5.41) is 10.7. The summed E-state index contributed by atoms with van der Waals surface area (Å²) in [6, 6.07) is 3.99. The fraction of sp³-hybridized carbons (Fsp3) is 0.667. The predicted molar refractivity (Wildman–Crippen MR) is 104 cm³/mol. The molecule has 0 unspecified atom stereocenters. The van der Waals surface area contributed by atoms with Gasteiger partial charge in [0, 0.05) is 24.8 Å². The van der Waals surface area contributed by atoms with E-state index in [1.54, 1.807) is 0 Å². The topological polar surface area (TPSA) is 54.4 Å².